The Balaban J connectivity index is 1.93. The molecule has 7 heteroatoms. The zero-order valence-electron chi connectivity index (χ0n) is 12.3. The molecule has 0 aromatic carbocycles. The maximum Gasteiger partial charge on any atom is 0.244 e. The summed E-state index contributed by atoms with van der Waals surface area (Å²) in [6, 6.07) is 1.75. The highest BCUT2D eigenvalue weighted by atomic mass is 32.2. The molecule has 21 heavy (non-hydrogen) atoms. The fraction of sp³-hybridized carbons (Fsp3) is 0.714. The number of thiophene rings is 1. The molecule has 0 aliphatic carbocycles. The molecule has 118 valence electrons. The fourth-order valence-corrected chi connectivity index (χ4v) is 6.56. The molecule has 1 N–H and O–H groups in total. The zero-order valence-corrected chi connectivity index (χ0v) is 14.0. The molecule has 3 heterocycles. The van der Waals surface area contributed by atoms with Crippen LogP contribution in [0.1, 0.15) is 16.2 Å². The van der Waals surface area contributed by atoms with Gasteiger partial charge in [0.25, 0.3) is 0 Å². The molecule has 1 aromatic rings. The minimum Gasteiger partial charge on any atom is -0.396 e. The Morgan fingerprint density at radius 3 is 2.86 bits per heavy atom. The largest absolute Gasteiger partial charge is 0.396 e. The van der Waals surface area contributed by atoms with Crippen molar-refractivity contribution in [1.29, 1.82) is 0 Å². The number of sulfonamides is 1. The third-order valence-electron chi connectivity index (χ3n) is 4.71. The van der Waals surface area contributed by atoms with Crippen LogP contribution in [0.3, 0.4) is 0 Å². The Morgan fingerprint density at radius 1 is 1.52 bits per heavy atom. The van der Waals surface area contributed by atoms with E-state index in [2.05, 4.69) is 0 Å². The molecule has 2 atom stereocenters. The smallest absolute Gasteiger partial charge is 0.244 e. The molecular formula is C14H21NO4S2. The summed E-state index contributed by atoms with van der Waals surface area (Å²) in [4.78, 5) is 2.25. The van der Waals surface area contributed by atoms with Crippen LogP contribution < -0.4 is 0 Å². The first-order valence-electron chi connectivity index (χ1n) is 7.15. The monoisotopic (exact) mass is 331 g/mol. The number of aliphatic hydroxyl groups excluding tert-OH is 1. The predicted octanol–water partition coefficient (Wildman–Crippen LogP) is 1.38. The fourth-order valence-electron chi connectivity index (χ4n) is 3.46. The lowest BCUT2D eigenvalue weighted by atomic mass is 9.76. The van der Waals surface area contributed by atoms with Gasteiger partial charge in [0.2, 0.25) is 10.0 Å². The van der Waals surface area contributed by atoms with Crippen molar-refractivity contribution in [1.82, 2.24) is 4.31 Å². The molecule has 3 rings (SSSR count). The van der Waals surface area contributed by atoms with E-state index in [1.807, 2.05) is 13.8 Å². The second-order valence-corrected chi connectivity index (χ2v) is 9.50. The van der Waals surface area contributed by atoms with Crippen molar-refractivity contribution in [3.05, 3.63) is 15.8 Å². The normalized spacial score (nSPS) is 30.5. The van der Waals surface area contributed by atoms with Crippen molar-refractivity contribution in [3.63, 3.8) is 0 Å². The number of aliphatic hydroxyl groups is 1. The summed E-state index contributed by atoms with van der Waals surface area (Å²) >= 11 is 1.51. The summed E-state index contributed by atoms with van der Waals surface area (Å²) in [5.41, 5.74) is -0.426. The molecule has 2 aliphatic rings. The van der Waals surface area contributed by atoms with Crippen molar-refractivity contribution >= 4 is 21.4 Å². The Morgan fingerprint density at radius 2 is 2.29 bits per heavy atom. The van der Waals surface area contributed by atoms with Crippen LogP contribution in [0.2, 0.25) is 0 Å². The van der Waals surface area contributed by atoms with Crippen molar-refractivity contribution in [2.24, 2.45) is 11.3 Å². The molecule has 2 aliphatic heterocycles. The predicted molar refractivity (Wildman–Crippen MR) is 81.0 cm³/mol. The van der Waals surface area contributed by atoms with Crippen LogP contribution in [-0.2, 0) is 14.8 Å². The van der Waals surface area contributed by atoms with Gasteiger partial charge in [0, 0.05) is 34.9 Å². The highest BCUT2D eigenvalue weighted by Crippen LogP contribution is 2.43. The lowest BCUT2D eigenvalue weighted by molar-refractivity contribution is -0.0552. The summed E-state index contributed by atoms with van der Waals surface area (Å²) in [7, 11) is -3.48. The van der Waals surface area contributed by atoms with Crippen LogP contribution >= 0.6 is 11.3 Å². The molecular weight excluding hydrogens is 310 g/mol. The van der Waals surface area contributed by atoms with Crippen LogP contribution in [-0.4, -0.2) is 50.7 Å². The molecule has 0 spiro atoms. The average Bonchev–Trinajstić information content (AvgIpc) is 3.00. The minimum atomic E-state index is -3.48. The van der Waals surface area contributed by atoms with Gasteiger partial charge in [-0.05, 0) is 32.3 Å². The summed E-state index contributed by atoms with van der Waals surface area (Å²) in [5.74, 6) is 0.186. The third-order valence-corrected chi connectivity index (χ3v) is 7.74. The van der Waals surface area contributed by atoms with Gasteiger partial charge in [0.1, 0.15) is 0 Å². The van der Waals surface area contributed by atoms with Crippen LogP contribution in [0.25, 0.3) is 0 Å². The van der Waals surface area contributed by atoms with Gasteiger partial charge in [-0.3, -0.25) is 0 Å². The SMILES string of the molecule is Cc1cc(S(=O)(=O)N2C[C@@H]3CCOC[C@]3(CO)C2)c(C)s1. The van der Waals surface area contributed by atoms with E-state index in [0.29, 0.717) is 31.2 Å². The highest BCUT2D eigenvalue weighted by molar-refractivity contribution is 7.89. The van der Waals surface area contributed by atoms with Crippen molar-refractivity contribution in [3.8, 4) is 0 Å². The first-order valence-corrected chi connectivity index (χ1v) is 9.40. The Kier molecular flexibility index (Phi) is 3.90. The van der Waals surface area contributed by atoms with E-state index < -0.39 is 15.4 Å². The molecule has 2 saturated heterocycles. The maximum absolute atomic E-state index is 12.9. The first kappa shape index (κ1) is 15.4. The number of hydrogen-bond acceptors (Lipinski definition) is 5. The Hall–Kier alpha value is -0.470. The second kappa shape index (κ2) is 5.31. The number of rotatable bonds is 3. The van der Waals surface area contributed by atoms with Gasteiger partial charge in [0.05, 0.1) is 18.1 Å². The third kappa shape index (κ3) is 2.45. The molecule has 0 unspecified atom stereocenters. The van der Waals surface area contributed by atoms with Gasteiger partial charge in [-0.1, -0.05) is 0 Å². The van der Waals surface area contributed by atoms with Gasteiger partial charge < -0.3 is 9.84 Å². The highest BCUT2D eigenvalue weighted by Gasteiger charge is 2.51. The lowest BCUT2D eigenvalue weighted by Gasteiger charge is -2.36. The summed E-state index contributed by atoms with van der Waals surface area (Å²) in [6.45, 7) is 5.68. The lowest BCUT2D eigenvalue weighted by Crippen LogP contribution is -2.43. The molecule has 0 bridgehead atoms. The van der Waals surface area contributed by atoms with E-state index in [4.69, 9.17) is 4.74 Å². The van der Waals surface area contributed by atoms with E-state index in [0.717, 1.165) is 16.2 Å². The Bertz CT molecular complexity index is 639. The van der Waals surface area contributed by atoms with Gasteiger partial charge in [-0.2, -0.15) is 4.31 Å². The first-order chi connectivity index (χ1) is 9.89. The summed E-state index contributed by atoms with van der Waals surface area (Å²) in [6.07, 6.45) is 0.814. The van der Waals surface area contributed by atoms with Crippen molar-refractivity contribution in [2.45, 2.75) is 25.2 Å². The van der Waals surface area contributed by atoms with Crippen molar-refractivity contribution < 1.29 is 18.3 Å². The van der Waals surface area contributed by atoms with E-state index in [-0.39, 0.29) is 12.5 Å². The van der Waals surface area contributed by atoms with Crippen LogP contribution in [0.4, 0.5) is 0 Å². The quantitative estimate of drug-likeness (QED) is 0.909. The molecule has 5 nitrogen and oxygen atoms in total. The average molecular weight is 331 g/mol. The zero-order chi connectivity index (χ0) is 15.3. The minimum absolute atomic E-state index is 0.0225. The van der Waals surface area contributed by atoms with Gasteiger partial charge >= 0.3 is 0 Å². The van der Waals surface area contributed by atoms with Gasteiger partial charge in [-0.15, -0.1) is 11.3 Å². The topological polar surface area (TPSA) is 66.8 Å². The standard InChI is InChI=1S/C14H21NO4S2/c1-10-5-13(11(2)20-10)21(17,18)15-6-12-3-4-19-9-14(12,7-15)8-16/h5,12,16H,3-4,6-9H2,1-2H3/t12-,14+/m0/s1. The maximum atomic E-state index is 12.9. The number of nitrogens with zero attached hydrogens (tertiary/aromatic N) is 1. The molecule has 0 amide bonds. The molecule has 2 fully saturated rings. The van der Waals surface area contributed by atoms with E-state index in [1.54, 1.807) is 6.07 Å². The van der Waals surface area contributed by atoms with Crippen LogP contribution in [0.15, 0.2) is 11.0 Å². The number of hydrogen-bond donors (Lipinski definition) is 1. The summed E-state index contributed by atoms with van der Waals surface area (Å²) in [5, 5.41) is 9.77. The van der Waals surface area contributed by atoms with E-state index >= 15 is 0 Å². The molecule has 0 radical (unpaired) electrons. The number of aryl methyl sites for hydroxylation is 2. The van der Waals surface area contributed by atoms with E-state index in [9.17, 15) is 13.5 Å². The van der Waals surface area contributed by atoms with Gasteiger partial charge in [0.15, 0.2) is 0 Å². The van der Waals surface area contributed by atoms with Crippen LogP contribution in [0.5, 0.6) is 0 Å². The van der Waals surface area contributed by atoms with Crippen molar-refractivity contribution in [2.75, 3.05) is 32.9 Å². The number of fused-ring (bicyclic) bond motifs is 1. The summed E-state index contributed by atoms with van der Waals surface area (Å²) < 4.78 is 32.8. The van der Waals surface area contributed by atoms with Gasteiger partial charge in [-0.25, -0.2) is 8.42 Å². The molecule has 0 saturated carbocycles. The van der Waals surface area contributed by atoms with Crippen LogP contribution in [0, 0.1) is 25.2 Å². The second-order valence-electron chi connectivity index (χ2n) is 6.13. The molecule has 1 aromatic heterocycles. The van der Waals surface area contributed by atoms with E-state index in [1.165, 1.54) is 15.6 Å². The Labute approximate surface area is 129 Å². The number of ether oxygens (including phenoxy) is 1.